The summed E-state index contributed by atoms with van der Waals surface area (Å²) in [4.78, 5) is 12.3. The third-order valence-electron chi connectivity index (χ3n) is 4.67. The summed E-state index contributed by atoms with van der Waals surface area (Å²) >= 11 is 0. The number of hydrogen-bond donors (Lipinski definition) is 1. The summed E-state index contributed by atoms with van der Waals surface area (Å²) in [5.41, 5.74) is 6.72. The number of esters is 1. The molecular formula is C17H23NO3. The maximum absolute atomic E-state index is 12.3. The van der Waals surface area contributed by atoms with E-state index in [-0.39, 0.29) is 17.7 Å². The fraction of sp³-hybridized carbons (Fsp3) is 0.588. The van der Waals surface area contributed by atoms with Gasteiger partial charge in [-0.25, -0.2) is 4.79 Å². The lowest BCUT2D eigenvalue weighted by atomic mass is 9.79. The highest BCUT2D eigenvalue weighted by molar-refractivity contribution is 5.95. The van der Waals surface area contributed by atoms with Crippen LogP contribution in [0.1, 0.15) is 55.3 Å². The van der Waals surface area contributed by atoms with E-state index < -0.39 is 0 Å². The van der Waals surface area contributed by atoms with Gasteiger partial charge >= 0.3 is 5.97 Å². The number of nitrogen functional groups attached to an aromatic ring is 1. The molecule has 4 heteroatoms. The number of carbonyl (C=O) groups excluding carboxylic acids is 1. The van der Waals surface area contributed by atoms with Crippen molar-refractivity contribution in [2.24, 2.45) is 0 Å². The van der Waals surface area contributed by atoms with Gasteiger partial charge in [0.05, 0.1) is 17.8 Å². The minimum Gasteiger partial charge on any atom is -0.459 e. The predicted molar refractivity (Wildman–Crippen MR) is 81.1 cm³/mol. The highest BCUT2D eigenvalue weighted by Crippen LogP contribution is 2.39. The normalized spacial score (nSPS) is 24.7. The minimum absolute atomic E-state index is 0.0519. The summed E-state index contributed by atoms with van der Waals surface area (Å²) in [6.45, 7) is 0.683. The van der Waals surface area contributed by atoms with Crippen LogP contribution in [0, 0.1) is 0 Å². The topological polar surface area (TPSA) is 61.6 Å². The Kier molecular flexibility index (Phi) is 4.15. The van der Waals surface area contributed by atoms with Gasteiger partial charge in [0.2, 0.25) is 0 Å². The highest BCUT2D eigenvalue weighted by atomic mass is 16.6. The second kappa shape index (κ2) is 6.06. The Morgan fingerprint density at radius 2 is 2.00 bits per heavy atom. The van der Waals surface area contributed by atoms with Gasteiger partial charge in [-0.3, -0.25) is 0 Å². The van der Waals surface area contributed by atoms with Crippen molar-refractivity contribution in [3.63, 3.8) is 0 Å². The van der Waals surface area contributed by atoms with Crippen molar-refractivity contribution in [1.82, 2.24) is 0 Å². The van der Waals surface area contributed by atoms with Crippen molar-refractivity contribution in [1.29, 1.82) is 0 Å². The van der Waals surface area contributed by atoms with Gasteiger partial charge < -0.3 is 15.2 Å². The molecule has 1 aliphatic heterocycles. The molecule has 1 aromatic rings. The van der Waals surface area contributed by atoms with Gasteiger partial charge in [-0.2, -0.15) is 0 Å². The van der Waals surface area contributed by atoms with Crippen LogP contribution in [0.2, 0.25) is 0 Å². The lowest BCUT2D eigenvalue weighted by molar-refractivity contribution is -0.136. The van der Waals surface area contributed by atoms with Crippen LogP contribution in [-0.2, 0) is 9.47 Å². The molecule has 0 radical (unpaired) electrons. The summed E-state index contributed by atoms with van der Waals surface area (Å²) in [5.74, 6) is -0.314. The number of rotatable bonds is 2. The fourth-order valence-electron chi connectivity index (χ4n) is 3.53. The molecular weight excluding hydrogens is 266 g/mol. The largest absolute Gasteiger partial charge is 0.459 e. The average Bonchev–Trinajstić information content (AvgIpc) is 2.48. The summed E-state index contributed by atoms with van der Waals surface area (Å²) in [6, 6.07) is 7.06. The molecule has 2 N–H and O–H groups in total. The van der Waals surface area contributed by atoms with E-state index in [0.717, 1.165) is 25.7 Å². The van der Waals surface area contributed by atoms with Crippen LogP contribution >= 0.6 is 0 Å². The Hall–Kier alpha value is -1.55. The van der Waals surface area contributed by atoms with Gasteiger partial charge in [0.15, 0.2) is 0 Å². The van der Waals surface area contributed by atoms with Crippen LogP contribution in [0.5, 0.6) is 0 Å². The molecule has 3 rings (SSSR count). The standard InChI is InChI=1S/C17H23NO3/c18-15-7-3-2-6-14(15)16(19)21-13-8-11-20-17(12-13)9-4-1-5-10-17/h2-3,6-7,13H,1,4-5,8-12,18H2. The Balaban J connectivity index is 1.65. The first-order valence-electron chi connectivity index (χ1n) is 7.88. The molecule has 0 amide bonds. The van der Waals surface area contributed by atoms with Crippen LogP contribution in [0.25, 0.3) is 0 Å². The number of hydrogen-bond acceptors (Lipinski definition) is 4. The van der Waals surface area contributed by atoms with Gasteiger partial charge in [-0.1, -0.05) is 31.4 Å². The Labute approximate surface area is 125 Å². The first-order valence-corrected chi connectivity index (χ1v) is 7.88. The molecule has 0 aromatic heterocycles. The maximum atomic E-state index is 12.3. The number of carbonyl (C=O) groups is 1. The van der Waals surface area contributed by atoms with Crippen LogP contribution in [-0.4, -0.2) is 24.3 Å². The van der Waals surface area contributed by atoms with Gasteiger partial charge in [-0.15, -0.1) is 0 Å². The molecule has 1 unspecified atom stereocenters. The zero-order valence-corrected chi connectivity index (χ0v) is 12.3. The molecule has 1 atom stereocenters. The number of ether oxygens (including phenoxy) is 2. The summed E-state index contributed by atoms with van der Waals surface area (Å²) in [6.07, 6.45) is 7.45. The molecule has 2 fully saturated rings. The monoisotopic (exact) mass is 289 g/mol. The summed E-state index contributed by atoms with van der Waals surface area (Å²) in [5, 5.41) is 0. The smallest absolute Gasteiger partial charge is 0.340 e. The van der Waals surface area contributed by atoms with E-state index in [1.54, 1.807) is 18.2 Å². The van der Waals surface area contributed by atoms with E-state index in [1.807, 2.05) is 6.07 Å². The SMILES string of the molecule is Nc1ccccc1C(=O)OC1CCOC2(CCCCC2)C1. The molecule has 114 valence electrons. The number of nitrogens with two attached hydrogens (primary N) is 1. The number of benzene rings is 1. The quantitative estimate of drug-likeness (QED) is 0.670. The van der Waals surface area contributed by atoms with Crippen LogP contribution in [0.15, 0.2) is 24.3 Å². The van der Waals surface area contributed by atoms with Gasteiger partial charge in [0, 0.05) is 18.5 Å². The first kappa shape index (κ1) is 14.4. The maximum Gasteiger partial charge on any atom is 0.340 e. The van der Waals surface area contributed by atoms with E-state index in [4.69, 9.17) is 15.2 Å². The Bertz CT molecular complexity index is 503. The fourth-order valence-corrected chi connectivity index (χ4v) is 3.53. The molecule has 1 spiro atoms. The molecule has 0 bridgehead atoms. The number of anilines is 1. The zero-order chi connectivity index (χ0) is 14.7. The van der Waals surface area contributed by atoms with Crippen molar-refractivity contribution in [2.75, 3.05) is 12.3 Å². The van der Waals surface area contributed by atoms with Crippen molar-refractivity contribution in [2.45, 2.75) is 56.7 Å². The van der Waals surface area contributed by atoms with Gasteiger partial charge in [-0.05, 0) is 25.0 Å². The number of para-hydroxylation sites is 1. The third kappa shape index (κ3) is 3.21. The molecule has 21 heavy (non-hydrogen) atoms. The van der Waals surface area contributed by atoms with Crippen molar-refractivity contribution in [3.8, 4) is 0 Å². The predicted octanol–water partition coefficient (Wildman–Crippen LogP) is 3.31. The zero-order valence-electron chi connectivity index (χ0n) is 12.3. The van der Waals surface area contributed by atoms with Crippen LogP contribution < -0.4 is 5.73 Å². The van der Waals surface area contributed by atoms with E-state index in [2.05, 4.69) is 0 Å². The van der Waals surface area contributed by atoms with E-state index in [1.165, 1.54) is 19.3 Å². The molecule has 1 aromatic carbocycles. The van der Waals surface area contributed by atoms with Crippen LogP contribution in [0.4, 0.5) is 5.69 Å². The Morgan fingerprint density at radius 1 is 1.24 bits per heavy atom. The molecule has 1 heterocycles. The summed E-state index contributed by atoms with van der Waals surface area (Å²) in [7, 11) is 0. The highest BCUT2D eigenvalue weighted by Gasteiger charge is 2.39. The summed E-state index contributed by atoms with van der Waals surface area (Å²) < 4.78 is 11.7. The average molecular weight is 289 g/mol. The first-order chi connectivity index (χ1) is 10.2. The third-order valence-corrected chi connectivity index (χ3v) is 4.67. The molecule has 1 saturated carbocycles. The lowest BCUT2D eigenvalue weighted by Crippen LogP contribution is -2.44. The van der Waals surface area contributed by atoms with E-state index in [0.29, 0.717) is 17.9 Å². The molecule has 1 saturated heterocycles. The molecule has 1 aliphatic carbocycles. The molecule has 2 aliphatic rings. The van der Waals surface area contributed by atoms with E-state index in [9.17, 15) is 4.79 Å². The van der Waals surface area contributed by atoms with Gasteiger partial charge in [0.25, 0.3) is 0 Å². The van der Waals surface area contributed by atoms with Crippen LogP contribution in [0.3, 0.4) is 0 Å². The minimum atomic E-state index is -0.314. The van der Waals surface area contributed by atoms with Crippen molar-refractivity contribution < 1.29 is 14.3 Å². The molecule has 4 nitrogen and oxygen atoms in total. The van der Waals surface area contributed by atoms with Crippen molar-refractivity contribution in [3.05, 3.63) is 29.8 Å². The van der Waals surface area contributed by atoms with Gasteiger partial charge in [0.1, 0.15) is 6.10 Å². The second-order valence-corrected chi connectivity index (χ2v) is 6.20. The van der Waals surface area contributed by atoms with E-state index >= 15 is 0 Å². The second-order valence-electron chi connectivity index (χ2n) is 6.20. The van der Waals surface area contributed by atoms with Crippen molar-refractivity contribution >= 4 is 11.7 Å². The lowest BCUT2D eigenvalue weighted by Gasteiger charge is -2.43. The Morgan fingerprint density at radius 3 is 2.76 bits per heavy atom.